The maximum Gasteiger partial charge on any atom is 0.264 e. The highest BCUT2D eigenvalue weighted by molar-refractivity contribution is 7.20. The van der Waals surface area contributed by atoms with Crippen LogP contribution >= 0.6 is 11.3 Å². The van der Waals surface area contributed by atoms with Gasteiger partial charge in [-0.2, -0.15) is 0 Å². The highest BCUT2D eigenvalue weighted by atomic mass is 32.1. The van der Waals surface area contributed by atoms with E-state index in [-0.39, 0.29) is 11.8 Å². The Balaban J connectivity index is 1.38. The second kappa shape index (κ2) is 8.98. The van der Waals surface area contributed by atoms with Crippen LogP contribution < -0.4 is 0 Å². The van der Waals surface area contributed by atoms with E-state index in [1.165, 1.54) is 24.2 Å². The van der Waals surface area contributed by atoms with Crippen LogP contribution in [0.15, 0.2) is 0 Å². The fourth-order valence-corrected chi connectivity index (χ4v) is 5.79. The first-order chi connectivity index (χ1) is 14.4. The molecular formula is C22H31N5O2S. The molecule has 2 aromatic rings. The number of amides is 2. The van der Waals surface area contributed by atoms with Gasteiger partial charge in [0.25, 0.3) is 5.91 Å². The van der Waals surface area contributed by atoms with Gasteiger partial charge < -0.3 is 9.80 Å². The van der Waals surface area contributed by atoms with Crippen molar-refractivity contribution in [3.8, 4) is 0 Å². The molecule has 2 aliphatic heterocycles. The molecule has 0 radical (unpaired) electrons. The van der Waals surface area contributed by atoms with Crippen molar-refractivity contribution in [3.63, 3.8) is 0 Å². The molecule has 2 aliphatic rings. The SMILES string of the molecule is Cc1nc(C)c2c(C)c(C(=O)N3CCN(CC(=O)N4CCCCCC4)CC3)sc2n1. The number of carbonyl (C=O) groups excluding carboxylic acids is 2. The Hall–Kier alpha value is -2.06. The Morgan fingerprint density at radius 2 is 1.53 bits per heavy atom. The van der Waals surface area contributed by atoms with E-state index in [0.29, 0.717) is 19.6 Å². The maximum absolute atomic E-state index is 13.2. The van der Waals surface area contributed by atoms with Gasteiger partial charge in [0.2, 0.25) is 5.91 Å². The summed E-state index contributed by atoms with van der Waals surface area (Å²) < 4.78 is 0. The minimum Gasteiger partial charge on any atom is -0.342 e. The van der Waals surface area contributed by atoms with Crippen LogP contribution in [0.3, 0.4) is 0 Å². The summed E-state index contributed by atoms with van der Waals surface area (Å²) in [6.45, 7) is 10.9. The number of rotatable bonds is 3. The minimum absolute atomic E-state index is 0.0750. The average Bonchev–Trinajstić information content (AvgIpc) is 2.89. The van der Waals surface area contributed by atoms with Gasteiger partial charge >= 0.3 is 0 Å². The number of aryl methyl sites for hydroxylation is 3. The number of hydrogen-bond acceptors (Lipinski definition) is 6. The van der Waals surface area contributed by atoms with Gasteiger partial charge in [0.05, 0.1) is 11.4 Å². The molecule has 2 aromatic heterocycles. The standard InChI is InChI=1S/C22H31N5O2S/c1-15-19-16(2)23-17(3)24-21(19)30-20(15)22(29)27-12-10-25(11-13-27)14-18(28)26-8-6-4-5-7-9-26/h4-14H2,1-3H3. The Bertz CT molecular complexity index is 941. The van der Waals surface area contributed by atoms with Crippen LogP contribution in [0, 0.1) is 20.8 Å². The molecule has 2 amide bonds. The van der Waals surface area contributed by atoms with Crippen molar-refractivity contribution < 1.29 is 9.59 Å². The van der Waals surface area contributed by atoms with Crippen molar-refractivity contribution in [2.75, 3.05) is 45.8 Å². The van der Waals surface area contributed by atoms with Gasteiger partial charge in [-0.15, -0.1) is 11.3 Å². The number of nitrogens with zero attached hydrogens (tertiary/aromatic N) is 5. The predicted octanol–water partition coefficient (Wildman–Crippen LogP) is 2.78. The third-order valence-electron chi connectivity index (χ3n) is 6.25. The van der Waals surface area contributed by atoms with Crippen molar-refractivity contribution in [1.82, 2.24) is 24.7 Å². The summed E-state index contributed by atoms with van der Waals surface area (Å²) in [5.41, 5.74) is 1.92. The molecule has 0 N–H and O–H groups in total. The molecule has 162 valence electrons. The van der Waals surface area contributed by atoms with E-state index in [1.807, 2.05) is 30.6 Å². The summed E-state index contributed by atoms with van der Waals surface area (Å²) in [5, 5.41) is 1.01. The Kier molecular flexibility index (Phi) is 6.34. The quantitative estimate of drug-likeness (QED) is 0.750. The molecule has 4 rings (SSSR count). The lowest BCUT2D eigenvalue weighted by molar-refractivity contribution is -0.132. The highest BCUT2D eigenvalue weighted by Crippen LogP contribution is 2.32. The molecule has 0 aromatic carbocycles. The molecule has 0 atom stereocenters. The first-order valence-corrected chi connectivity index (χ1v) is 11.8. The molecule has 7 nitrogen and oxygen atoms in total. The van der Waals surface area contributed by atoms with Crippen molar-refractivity contribution in [3.05, 3.63) is 22.0 Å². The van der Waals surface area contributed by atoms with Crippen LogP contribution in [0.5, 0.6) is 0 Å². The summed E-state index contributed by atoms with van der Waals surface area (Å²) in [4.78, 5) is 42.6. The zero-order valence-electron chi connectivity index (χ0n) is 18.2. The van der Waals surface area contributed by atoms with E-state index < -0.39 is 0 Å². The monoisotopic (exact) mass is 429 g/mol. The van der Waals surface area contributed by atoms with E-state index >= 15 is 0 Å². The molecule has 2 saturated heterocycles. The summed E-state index contributed by atoms with van der Waals surface area (Å²) >= 11 is 1.47. The van der Waals surface area contributed by atoms with Crippen molar-refractivity contribution >= 4 is 33.4 Å². The topological polar surface area (TPSA) is 69.6 Å². The highest BCUT2D eigenvalue weighted by Gasteiger charge is 2.28. The van der Waals surface area contributed by atoms with E-state index in [9.17, 15) is 9.59 Å². The molecule has 8 heteroatoms. The van der Waals surface area contributed by atoms with Gasteiger partial charge in [0.1, 0.15) is 10.7 Å². The fraction of sp³-hybridized carbons (Fsp3) is 0.636. The molecule has 0 spiro atoms. The number of carbonyl (C=O) groups is 2. The lowest BCUT2D eigenvalue weighted by Gasteiger charge is -2.35. The second-order valence-electron chi connectivity index (χ2n) is 8.46. The molecular weight excluding hydrogens is 398 g/mol. The van der Waals surface area contributed by atoms with Gasteiger partial charge in [0, 0.05) is 50.3 Å². The van der Waals surface area contributed by atoms with Gasteiger partial charge in [-0.25, -0.2) is 9.97 Å². The largest absolute Gasteiger partial charge is 0.342 e. The minimum atomic E-state index is 0.0750. The fourth-order valence-electron chi connectivity index (χ4n) is 4.54. The molecule has 0 unspecified atom stereocenters. The average molecular weight is 430 g/mol. The summed E-state index contributed by atoms with van der Waals surface area (Å²) in [6, 6.07) is 0. The van der Waals surface area contributed by atoms with Crippen LogP contribution in [-0.2, 0) is 4.79 Å². The number of piperazine rings is 1. The summed E-state index contributed by atoms with van der Waals surface area (Å²) in [7, 11) is 0. The first-order valence-electron chi connectivity index (χ1n) is 11.0. The lowest BCUT2D eigenvalue weighted by Crippen LogP contribution is -2.51. The van der Waals surface area contributed by atoms with Gasteiger partial charge in [-0.3, -0.25) is 14.5 Å². The molecule has 2 fully saturated rings. The summed E-state index contributed by atoms with van der Waals surface area (Å²) in [5.74, 6) is 1.05. The van der Waals surface area contributed by atoms with Crippen LogP contribution in [-0.4, -0.2) is 82.3 Å². The van der Waals surface area contributed by atoms with Crippen LogP contribution in [0.2, 0.25) is 0 Å². The normalized spacial score (nSPS) is 18.6. The third kappa shape index (κ3) is 4.34. The smallest absolute Gasteiger partial charge is 0.264 e. The molecule has 0 saturated carbocycles. The van der Waals surface area contributed by atoms with E-state index in [1.54, 1.807) is 0 Å². The summed E-state index contributed by atoms with van der Waals surface area (Å²) in [6.07, 6.45) is 4.69. The number of thiophene rings is 1. The molecule has 4 heterocycles. The van der Waals surface area contributed by atoms with Crippen LogP contribution in [0.4, 0.5) is 0 Å². The number of aromatic nitrogens is 2. The predicted molar refractivity (Wildman–Crippen MR) is 119 cm³/mol. The third-order valence-corrected chi connectivity index (χ3v) is 7.43. The Morgan fingerprint density at radius 3 is 2.20 bits per heavy atom. The Labute approximate surface area is 182 Å². The zero-order chi connectivity index (χ0) is 21.3. The number of fused-ring (bicyclic) bond motifs is 1. The van der Waals surface area contributed by atoms with E-state index in [0.717, 1.165) is 71.2 Å². The van der Waals surface area contributed by atoms with Gasteiger partial charge in [0.15, 0.2) is 0 Å². The second-order valence-corrected chi connectivity index (χ2v) is 9.45. The van der Waals surface area contributed by atoms with Gasteiger partial charge in [-0.05, 0) is 39.2 Å². The van der Waals surface area contributed by atoms with Crippen molar-refractivity contribution in [1.29, 1.82) is 0 Å². The molecule has 0 aliphatic carbocycles. The first kappa shape index (κ1) is 21.2. The number of likely N-dealkylation sites (tertiary alicyclic amines) is 1. The van der Waals surface area contributed by atoms with Crippen LogP contribution in [0.25, 0.3) is 10.2 Å². The lowest BCUT2D eigenvalue weighted by atomic mass is 10.1. The van der Waals surface area contributed by atoms with Crippen LogP contribution in [0.1, 0.15) is 52.4 Å². The number of hydrogen-bond donors (Lipinski definition) is 0. The molecule has 30 heavy (non-hydrogen) atoms. The van der Waals surface area contributed by atoms with Crippen molar-refractivity contribution in [2.45, 2.75) is 46.5 Å². The molecule has 0 bridgehead atoms. The zero-order valence-corrected chi connectivity index (χ0v) is 19.1. The van der Waals surface area contributed by atoms with Crippen molar-refractivity contribution in [2.24, 2.45) is 0 Å². The maximum atomic E-state index is 13.2. The van der Waals surface area contributed by atoms with Gasteiger partial charge in [-0.1, -0.05) is 12.8 Å². The van der Waals surface area contributed by atoms with E-state index in [2.05, 4.69) is 14.9 Å². The van der Waals surface area contributed by atoms with E-state index in [4.69, 9.17) is 0 Å². The Morgan fingerprint density at radius 1 is 0.867 bits per heavy atom.